The second-order valence-corrected chi connectivity index (χ2v) is 4.32. The van der Waals surface area contributed by atoms with Gasteiger partial charge in [-0.05, 0) is 31.2 Å². The van der Waals surface area contributed by atoms with Crippen LogP contribution in [-0.4, -0.2) is 16.6 Å². The highest BCUT2D eigenvalue weighted by molar-refractivity contribution is 7.80. The number of nitrogens with two attached hydrogens (primary N) is 1. The topological polar surface area (TPSA) is 60.2 Å². The molecule has 4 nitrogen and oxygen atoms in total. The van der Waals surface area contributed by atoms with Crippen molar-refractivity contribution in [1.29, 1.82) is 0 Å². The zero-order valence-corrected chi connectivity index (χ0v) is 11.4. The molecule has 0 amide bonds. The predicted molar refractivity (Wildman–Crippen MR) is 81.0 cm³/mol. The van der Waals surface area contributed by atoms with Crippen molar-refractivity contribution in [3.8, 4) is 5.75 Å². The number of benzene rings is 1. The molecule has 0 aliphatic heterocycles. The van der Waals surface area contributed by atoms with Crippen molar-refractivity contribution in [2.75, 3.05) is 11.9 Å². The molecular weight excluding hydrogens is 258 g/mol. The molecule has 0 unspecified atom stereocenters. The molecule has 0 radical (unpaired) electrons. The average Bonchev–Trinajstić information content (AvgIpc) is 2.40. The van der Waals surface area contributed by atoms with E-state index < -0.39 is 0 Å². The minimum atomic E-state index is 0.284. The second kappa shape index (κ2) is 6.15. The number of thiocarbonyl (C=S) groups is 1. The molecule has 5 heteroatoms. The second-order valence-electron chi connectivity index (χ2n) is 3.88. The summed E-state index contributed by atoms with van der Waals surface area (Å²) in [6.45, 7) is 2.60. The molecule has 1 aromatic heterocycles. The molecule has 2 rings (SSSR count). The Morgan fingerprint density at radius 2 is 2.11 bits per heavy atom. The number of nitrogens with zero attached hydrogens (tertiary/aromatic N) is 1. The fourth-order valence-electron chi connectivity index (χ4n) is 1.64. The smallest absolute Gasteiger partial charge is 0.122 e. The molecule has 0 bridgehead atoms. The number of aromatic nitrogens is 1. The van der Waals surface area contributed by atoms with Gasteiger partial charge in [-0.3, -0.25) is 4.98 Å². The summed E-state index contributed by atoms with van der Waals surface area (Å²) < 4.78 is 5.45. The van der Waals surface area contributed by atoms with Crippen LogP contribution in [0.2, 0.25) is 0 Å². The van der Waals surface area contributed by atoms with Crippen molar-refractivity contribution in [2.45, 2.75) is 6.92 Å². The molecule has 0 saturated heterocycles. The number of ether oxygens (including phenoxy) is 1. The van der Waals surface area contributed by atoms with Crippen LogP contribution in [0.1, 0.15) is 12.6 Å². The van der Waals surface area contributed by atoms with E-state index in [0.717, 1.165) is 17.1 Å². The number of hydrogen-bond acceptors (Lipinski definition) is 4. The lowest BCUT2D eigenvalue weighted by Gasteiger charge is -2.09. The molecule has 0 aliphatic carbocycles. The summed E-state index contributed by atoms with van der Waals surface area (Å²) in [6, 6.07) is 11.4. The van der Waals surface area contributed by atoms with Crippen LogP contribution in [0.15, 0.2) is 42.6 Å². The van der Waals surface area contributed by atoms with E-state index in [-0.39, 0.29) is 4.99 Å². The van der Waals surface area contributed by atoms with Crippen molar-refractivity contribution >= 4 is 28.6 Å². The van der Waals surface area contributed by atoms with Crippen LogP contribution in [0, 0.1) is 0 Å². The SMILES string of the molecule is CCOc1cccc(Nc2ccnc(C(N)=S)c2)c1. The first-order chi connectivity index (χ1) is 9.19. The Morgan fingerprint density at radius 1 is 1.32 bits per heavy atom. The number of rotatable bonds is 5. The van der Waals surface area contributed by atoms with Crippen LogP contribution >= 0.6 is 12.2 Å². The van der Waals surface area contributed by atoms with Crippen LogP contribution in [0.3, 0.4) is 0 Å². The van der Waals surface area contributed by atoms with Crippen molar-refractivity contribution in [3.63, 3.8) is 0 Å². The van der Waals surface area contributed by atoms with E-state index >= 15 is 0 Å². The highest BCUT2D eigenvalue weighted by Gasteiger charge is 2.01. The Balaban J connectivity index is 2.18. The minimum absolute atomic E-state index is 0.284. The third-order valence-electron chi connectivity index (χ3n) is 2.45. The van der Waals surface area contributed by atoms with Crippen LogP contribution in [0.5, 0.6) is 5.75 Å². The van der Waals surface area contributed by atoms with E-state index in [1.54, 1.807) is 6.20 Å². The lowest BCUT2D eigenvalue weighted by Crippen LogP contribution is -2.11. The lowest BCUT2D eigenvalue weighted by molar-refractivity contribution is 0.340. The van der Waals surface area contributed by atoms with Gasteiger partial charge >= 0.3 is 0 Å². The van der Waals surface area contributed by atoms with Gasteiger partial charge in [0.15, 0.2) is 0 Å². The van der Waals surface area contributed by atoms with E-state index in [2.05, 4.69) is 10.3 Å². The van der Waals surface area contributed by atoms with Gasteiger partial charge in [0.1, 0.15) is 10.7 Å². The third kappa shape index (κ3) is 3.66. The maximum atomic E-state index is 5.56. The van der Waals surface area contributed by atoms with E-state index in [4.69, 9.17) is 22.7 Å². The van der Waals surface area contributed by atoms with Gasteiger partial charge in [0.05, 0.1) is 12.3 Å². The van der Waals surface area contributed by atoms with Gasteiger partial charge in [0, 0.05) is 23.6 Å². The molecule has 0 saturated carbocycles. The molecule has 2 aromatic rings. The van der Waals surface area contributed by atoms with E-state index in [9.17, 15) is 0 Å². The quantitative estimate of drug-likeness (QED) is 0.820. The summed E-state index contributed by atoms with van der Waals surface area (Å²) in [4.78, 5) is 4.38. The maximum absolute atomic E-state index is 5.56. The fourth-order valence-corrected chi connectivity index (χ4v) is 1.75. The highest BCUT2D eigenvalue weighted by atomic mass is 32.1. The van der Waals surface area contributed by atoms with E-state index in [1.165, 1.54) is 0 Å². The van der Waals surface area contributed by atoms with Gasteiger partial charge in [-0.2, -0.15) is 0 Å². The van der Waals surface area contributed by atoms with Crippen molar-refractivity contribution in [1.82, 2.24) is 4.98 Å². The number of anilines is 2. The molecule has 1 aromatic carbocycles. The van der Waals surface area contributed by atoms with Gasteiger partial charge in [-0.15, -0.1) is 0 Å². The first kappa shape index (κ1) is 13.3. The molecule has 0 aliphatic rings. The van der Waals surface area contributed by atoms with Crippen LogP contribution in [0.4, 0.5) is 11.4 Å². The minimum Gasteiger partial charge on any atom is -0.494 e. The Labute approximate surface area is 117 Å². The number of nitrogens with one attached hydrogen (secondary N) is 1. The first-order valence-corrected chi connectivity index (χ1v) is 6.35. The van der Waals surface area contributed by atoms with Crippen molar-refractivity contribution < 1.29 is 4.74 Å². The lowest BCUT2D eigenvalue weighted by atomic mass is 10.2. The number of hydrogen-bond donors (Lipinski definition) is 2. The first-order valence-electron chi connectivity index (χ1n) is 5.95. The normalized spacial score (nSPS) is 9.95. The average molecular weight is 273 g/mol. The van der Waals surface area contributed by atoms with Gasteiger partial charge in [0.25, 0.3) is 0 Å². The Bertz CT molecular complexity index is 586. The molecule has 3 N–H and O–H groups in total. The molecule has 0 atom stereocenters. The fraction of sp³-hybridized carbons (Fsp3) is 0.143. The summed E-state index contributed by atoms with van der Waals surface area (Å²) in [5, 5.41) is 3.26. The van der Waals surface area contributed by atoms with Crippen molar-refractivity contribution in [3.05, 3.63) is 48.3 Å². The Hall–Kier alpha value is -2.14. The van der Waals surface area contributed by atoms with Gasteiger partial charge in [-0.1, -0.05) is 18.3 Å². The molecule has 0 spiro atoms. The van der Waals surface area contributed by atoms with E-state index in [0.29, 0.717) is 12.3 Å². The zero-order valence-electron chi connectivity index (χ0n) is 10.6. The van der Waals surface area contributed by atoms with Crippen LogP contribution < -0.4 is 15.8 Å². The monoisotopic (exact) mass is 273 g/mol. The molecule has 98 valence electrons. The largest absolute Gasteiger partial charge is 0.494 e. The third-order valence-corrected chi connectivity index (χ3v) is 2.66. The molecule has 19 heavy (non-hydrogen) atoms. The van der Waals surface area contributed by atoms with Crippen LogP contribution in [0.25, 0.3) is 0 Å². The van der Waals surface area contributed by atoms with E-state index in [1.807, 2.05) is 43.3 Å². The Morgan fingerprint density at radius 3 is 2.84 bits per heavy atom. The molecular formula is C14H15N3OS. The summed E-state index contributed by atoms with van der Waals surface area (Å²) in [5.41, 5.74) is 7.98. The maximum Gasteiger partial charge on any atom is 0.122 e. The summed E-state index contributed by atoms with van der Waals surface area (Å²) in [5.74, 6) is 0.830. The zero-order chi connectivity index (χ0) is 13.7. The van der Waals surface area contributed by atoms with Gasteiger partial charge in [-0.25, -0.2) is 0 Å². The van der Waals surface area contributed by atoms with Crippen LogP contribution in [-0.2, 0) is 0 Å². The standard InChI is InChI=1S/C14H15N3OS/c1-2-18-12-5-3-4-10(8-12)17-11-6-7-16-13(9-11)14(15)19/h3-9H,2H2,1H3,(H2,15,19)(H,16,17). The summed E-state index contributed by atoms with van der Waals surface area (Å²) in [7, 11) is 0. The van der Waals surface area contributed by atoms with Crippen molar-refractivity contribution in [2.24, 2.45) is 5.73 Å². The summed E-state index contributed by atoms with van der Waals surface area (Å²) >= 11 is 4.91. The van der Waals surface area contributed by atoms with Gasteiger partial charge in [0.2, 0.25) is 0 Å². The van der Waals surface area contributed by atoms with Gasteiger partial charge < -0.3 is 15.8 Å². The molecule has 1 heterocycles. The number of pyridine rings is 1. The predicted octanol–water partition coefficient (Wildman–Crippen LogP) is 2.86. The summed E-state index contributed by atoms with van der Waals surface area (Å²) in [6.07, 6.45) is 1.67. The molecule has 0 fully saturated rings. The Kier molecular flexibility index (Phi) is 4.30. The highest BCUT2D eigenvalue weighted by Crippen LogP contribution is 2.21.